The molecule has 0 fully saturated rings. The highest BCUT2D eigenvalue weighted by Gasteiger charge is 2.16. The van der Waals surface area contributed by atoms with Gasteiger partial charge >= 0.3 is 11.8 Å². The average molecular weight is 460 g/mol. The summed E-state index contributed by atoms with van der Waals surface area (Å²) in [6, 6.07) is 19.0. The Bertz CT molecular complexity index is 1210. The smallest absolute Gasteiger partial charge is 0.329 e. The van der Waals surface area contributed by atoms with Crippen LogP contribution in [0.2, 0.25) is 0 Å². The Hall–Kier alpha value is -4.13. The topological polar surface area (TPSA) is 89.0 Å². The zero-order valence-electron chi connectivity index (χ0n) is 20.1. The van der Waals surface area contributed by atoms with Crippen LogP contribution in [0.25, 0.3) is 0 Å². The monoisotopic (exact) mass is 459 g/mol. The number of anilines is 1. The molecular weight excluding hydrogens is 430 g/mol. The molecule has 0 aliphatic heterocycles. The maximum absolute atomic E-state index is 12.3. The third kappa shape index (κ3) is 6.01. The van der Waals surface area contributed by atoms with Crippen LogP contribution >= 0.6 is 0 Å². The van der Waals surface area contributed by atoms with E-state index in [4.69, 9.17) is 9.47 Å². The van der Waals surface area contributed by atoms with E-state index in [-0.39, 0.29) is 0 Å². The van der Waals surface area contributed by atoms with Crippen molar-refractivity contribution in [3.05, 3.63) is 88.5 Å². The number of nitrogens with zero attached hydrogens (tertiary/aromatic N) is 1. The van der Waals surface area contributed by atoms with Gasteiger partial charge in [-0.2, -0.15) is 5.10 Å². The molecule has 7 nitrogen and oxygen atoms in total. The van der Waals surface area contributed by atoms with Gasteiger partial charge in [0.15, 0.2) is 11.5 Å². The molecule has 0 unspecified atom stereocenters. The molecule has 7 heteroatoms. The predicted octanol–water partition coefficient (Wildman–Crippen LogP) is 4.68. The lowest BCUT2D eigenvalue weighted by atomic mass is 10.1. The largest absolute Gasteiger partial charge is 0.493 e. The number of nitrogens with one attached hydrogen (secondary N) is 2. The van der Waals surface area contributed by atoms with Crippen LogP contribution in [-0.2, 0) is 16.2 Å². The molecule has 0 saturated heterocycles. The maximum atomic E-state index is 12.3. The van der Waals surface area contributed by atoms with Crippen molar-refractivity contribution in [3.8, 4) is 11.5 Å². The van der Waals surface area contributed by atoms with Crippen molar-refractivity contribution in [2.24, 2.45) is 5.10 Å². The molecule has 0 radical (unpaired) electrons. The summed E-state index contributed by atoms with van der Waals surface area (Å²) in [5, 5.41) is 6.71. The van der Waals surface area contributed by atoms with Crippen molar-refractivity contribution in [3.63, 3.8) is 0 Å². The molecule has 2 N–H and O–H groups in total. The maximum Gasteiger partial charge on any atom is 0.329 e. The number of methoxy groups -OCH3 is 1. The van der Waals surface area contributed by atoms with Gasteiger partial charge in [0.2, 0.25) is 0 Å². The lowest BCUT2D eigenvalue weighted by Gasteiger charge is -2.13. The van der Waals surface area contributed by atoms with Crippen LogP contribution in [0.5, 0.6) is 11.5 Å². The fourth-order valence-electron chi connectivity index (χ4n) is 3.37. The lowest BCUT2D eigenvalue weighted by molar-refractivity contribution is -0.136. The highest BCUT2D eigenvalue weighted by Crippen LogP contribution is 2.29. The average Bonchev–Trinajstić information content (AvgIpc) is 2.83. The van der Waals surface area contributed by atoms with Crippen molar-refractivity contribution in [2.75, 3.05) is 12.4 Å². The fraction of sp³-hybridized carbons (Fsp3) is 0.222. The highest BCUT2D eigenvalue weighted by molar-refractivity contribution is 6.39. The molecule has 0 aromatic heterocycles. The van der Waals surface area contributed by atoms with Gasteiger partial charge in [-0.05, 0) is 68.1 Å². The third-order valence-electron chi connectivity index (χ3n) is 5.48. The molecule has 0 saturated carbocycles. The van der Waals surface area contributed by atoms with Crippen LogP contribution in [0.1, 0.15) is 34.7 Å². The van der Waals surface area contributed by atoms with Crippen LogP contribution in [0.3, 0.4) is 0 Å². The Morgan fingerprint density at radius 3 is 2.21 bits per heavy atom. The molecule has 3 aromatic rings. The van der Waals surface area contributed by atoms with Crippen molar-refractivity contribution in [2.45, 2.75) is 34.3 Å². The summed E-state index contributed by atoms with van der Waals surface area (Å²) in [5.41, 5.74) is 8.15. The van der Waals surface area contributed by atoms with Crippen molar-refractivity contribution < 1.29 is 19.1 Å². The van der Waals surface area contributed by atoms with Gasteiger partial charge in [-0.1, -0.05) is 42.5 Å². The number of hydrogen-bond acceptors (Lipinski definition) is 5. The Labute approximate surface area is 199 Å². The Morgan fingerprint density at radius 2 is 1.53 bits per heavy atom. The molecule has 34 heavy (non-hydrogen) atoms. The minimum absolute atomic E-state index is 0.418. The second kappa shape index (κ2) is 11.1. The van der Waals surface area contributed by atoms with E-state index >= 15 is 0 Å². The lowest BCUT2D eigenvalue weighted by Crippen LogP contribution is -2.33. The number of rotatable bonds is 7. The minimum atomic E-state index is -0.854. The first-order valence-corrected chi connectivity index (χ1v) is 10.9. The Morgan fingerprint density at radius 1 is 0.853 bits per heavy atom. The quantitative estimate of drug-likeness (QED) is 0.305. The van der Waals surface area contributed by atoms with Gasteiger partial charge in [0, 0.05) is 11.3 Å². The van der Waals surface area contributed by atoms with Crippen LogP contribution in [0, 0.1) is 20.8 Å². The Kier molecular flexibility index (Phi) is 8.03. The molecule has 3 rings (SSSR count). The zero-order chi connectivity index (χ0) is 24.7. The number of carbonyl (C=O) groups excluding carboxylic acids is 2. The van der Waals surface area contributed by atoms with Gasteiger partial charge in [0.1, 0.15) is 6.61 Å². The highest BCUT2D eigenvalue weighted by atomic mass is 16.5. The Balaban J connectivity index is 1.65. The van der Waals surface area contributed by atoms with Crippen LogP contribution in [-0.4, -0.2) is 24.6 Å². The first-order valence-electron chi connectivity index (χ1n) is 10.9. The van der Waals surface area contributed by atoms with Gasteiger partial charge in [-0.3, -0.25) is 9.59 Å². The summed E-state index contributed by atoms with van der Waals surface area (Å²) in [5.74, 6) is -0.502. The van der Waals surface area contributed by atoms with E-state index in [1.807, 2.05) is 69.3 Å². The van der Waals surface area contributed by atoms with E-state index in [1.165, 1.54) is 0 Å². The van der Waals surface area contributed by atoms with E-state index in [1.54, 1.807) is 26.2 Å². The molecule has 0 atom stereocenters. The van der Waals surface area contributed by atoms with Gasteiger partial charge in [0.25, 0.3) is 0 Å². The summed E-state index contributed by atoms with van der Waals surface area (Å²) >= 11 is 0. The molecule has 0 aliphatic carbocycles. The number of carbonyl (C=O) groups is 2. The first kappa shape index (κ1) is 24.5. The van der Waals surface area contributed by atoms with Gasteiger partial charge in [-0.15, -0.1) is 0 Å². The molecule has 0 aliphatic rings. The van der Waals surface area contributed by atoms with E-state index in [0.29, 0.717) is 29.5 Å². The van der Waals surface area contributed by atoms with Crippen molar-refractivity contribution in [1.82, 2.24) is 5.43 Å². The molecule has 2 amide bonds. The number of amides is 2. The zero-order valence-corrected chi connectivity index (χ0v) is 20.1. The molecule has 0 spiro atoms. The summed E-state index contributed by atoms with van der Waals surface area (Å²) in [6.45, 7) is 7.91. The molecule has 176 valence electrons. The second-order valence-corrected chi connectivity index (χ2v) is 7.94. The number of para-hydroxylation sites is 1. The van der Waals surface area contributed by atoms with Crippen molar-refractivity contribution in [1.29, 1.82) is 0 Å². The summed E-state index contributed by atoms with van der Waals surface area (Å²) in [4.78, 5) is 24.6. The SMILES string of the molecule is COc1cc(C(C)=NNC(=O)C(=O)Nc2c(C)cccc2C)ccc1OCc1ccccc1C. The molecule has 3 aromatic carbocycles. The van der Waals surface area contributed by atoms with Crippen LogP contribution in [0.4, 0.5) is 5.69 Å². The molecule has 0 bridgehead atoms. The number of benzene rings is 3. The van der Waals surface area contributed by atoms with Gasteiger partial charge in [0.05, 0.1) is 12.8 Å². The van der Waals surface area contributed by atoms with Crippen LogP contribution < -0.4 is 20.2 Å². The number of hydrazone groups is 1. The normalized spacial score (nSPS) is 11.0. The van der Waals surface area contributed by atoms with E-state index in [9.17, 15) is 9.59 Å². The first-order chi connectivity index (χ1) is 16.3. The van der Waals surface area contributed by atoms with Gasteiger partial charge < -0.3 is 14.8 Å². The molecular formula is C27H29N3O4. The minimum Gasteiger partial charge on any atom is -0.493 e. The second-order valence-electron chi connectivity index (χ2n) is 7.94. The summed E-state index contributed by atoms with van der Waals surface area (Å²) in [7, 11) is 1.56. The van der Waals surface area contributed by atoms with Crippen LogP contribution in [0.15, 0.2) is 65.8 Å². The summed E-state index contributed by atoms with van der Waals surface area (Å²) < 4.78 is 11.4. The third-order valence-corrected chi connectivity index (χ3v) is 5.48. The fourth-order valence-corrected chi connectivity index (χ4v) is 3.37. The van der Waals surface area contributed by atoms with E-state index in [2.05, 4.69) is 15.8 Å². The van der Waals surface area contributed by atoms with Crippen molar-refractivity contribution >= 4 is 23.2 Å². The predicted molar refractivity (Wildman–Crippen MR) is 133 cm³/mol. The number of hydrogen-bond donors (Lipinski definition) is 2. The van der Waals surface area contributed by atoms with E-state index in [0.717, 1.165) is 27.8 Å². The van der Waals surface area contributed by atoms with E-state index < -0.39 is 11.8 Å². The van der Waals surface area contributed by atoms with Gasteiger partial charge in [-0.25, -0.2) is 5.43 Å². The summed E-state index contributed by atoms with van der Waals surface area (Å²) in [6.07, 6.45) is 0. The molecule has 0 heterocycles. The standard InChI is InChI=1S/C27H29N3O4/c1-17-9-6-7-12-22(17)16-34-23-14-13-21(15-24(23)33-5)20(4)29-30-27(32)26(31)28-25-18(2)10-8-11-19(25)3/h6-15H,16H2,1-5H3,(H,28,31)(H,30,32). The number of ether oxygens (including phenoxy) is 2. The number of aryl methyl sites for hydroxylation is 3.